The van der Waals surface area contributed by atoms with Crippen LogP contribution in [0.2, 0.25) is 0 Å². The summed E-state index contributed by atoms with van der Waals surface area (Å²) < 4.78 is 9.78. The molecule has 8 heteroatoms. The fourth-order valence-electron chi connectivity index (χ4n) is 2.61. The molecule has 0 bridgehead atoms. The fraction of sp³-hybridized carbons (Fsp3) is 0.556. The Morgan fingerprint density at radius 1 is 1.15 bits per heavy atom. The van der Waals surface area contributed by atoms with E-state index >= 15 is 0 Å². The quantitative estimate of drug-likeness (QED) is 0.435. The highest BCUT2D eigenvalue weighted by molar-refractivity contribution is 5.90. The van der Waals surface area contributed by atoms with Crippen LogP contribution in [0.4, 0.5) is 0 Å². The predicted octanol–water partition coefficient (Wildman–Crippen LogP) is 0.263. The van der Waals surface area contributed by atoms with Gasteiger partial charge in [-0.3, -0.25) is 24.3 Å². The lowest BCUT2D eigenvalue weighted by molar-refractivity contribution is -0.154. The molecular weight excluding hydrogens is 338 g/mol. The molecule has 1 aliphatic rings. The van der Waals surface area contributed by atoms with E-state index in [1.54, 1.807) is 20.0 Å². The number of amides is 1. The first-order chi connectivity index (χ1) is 12.5. The van der Waals surface area contributed by atoms with E-state index in [4.69, 9.17) is 9.47 Å². The first-order valence-electron chi connectivity index (χ1n) is 8.79. The number of nitrogens with zero attached hydrogens (tertiary/aromatic N) is 3. The van der Waals surface area contributed by atoms with Crippen LogP contribution in [-0.2, 0) is 30.3 Å². The summed E-state index contributed by atoms with van der Waals surface area (Å²) in [6.45, 7) is 4.62. The molecular formula is C18H25N3O5. The second kappa shape index (κ2) is 9.86. The summed E-state index contributed by atoms with van der Waals surface area (Å²) >= 11 is 0. The lowest BCUT2D eigenvalue weighted by Crippen LogP contribution is -2.43. The molecule has 1 aromatic heterocycles. The van der Waals surface area contributed by atoms with Gasteiger partial charge in [0.1, 0.15) is 19.1 Å². The maximum absolute atomic E-state index is 12.7. The molecule has 1 aliphatic heterocycles. The van der Waals surface area contributed by atoms with Crippen LogP contribution in [-0.4, -0.2) is 78.1 Å². The van der Waals surface area contributed by atoms with Crippen LogP contribution in [0.3, 0.4) is 0 Å². The number of hydrogen-bond acceptors (Lipinski definition) is 7. The van der Waals surface area contributed by atoms with E-state index < -0.39 is 11.9 Å². The number of rotatable bonds is 10. The molecule has 1 fully saturated rings. The van der Waals surface area contributed by atoms with Crippen LogP contribution < -0.4 is 0 Å². The van der Waals surface area contributed by atoms with Crippen LogP contribution >= 0.6 is 0 Å². The third-order valence-electron chi connectivity index (χ3n) is 3.94. The van der Waals surface area contributed by atoms with Gasteiger partial charge in [-0.05, 0) is 26.0 Å². The Labute approximate surface area is 153 Å². The number of pyridine rings is 1. The van der Waals surface area contributed by atoms with Crippen molar-refractivity contribution < 1.29 is 23.9 Å². The van der Waals surface area contributed by atoms with Crippen LogP contribution in [0, 0.1) is 0 Å². The Bertz CT molecular complexity index is 603. The maximum atomic E-state index is 12.7. The van der Waals surface area contributed by atoms with E-state index in [0.717, 1.165) is 12.1 Å². The lowest BCUT2D eigenvalue weighted by Gasteiger charge is -2.20. The first kappa shape index (κ1) is 19.8. The Balaban J connectivity index is 1.88. The normalized spacial score (nSPS) is 18.1. The molecule has 0 saturated carbocycles. The summed E-state index contributed by atoms with van der Waals surface area (Å²) in [7, 11) is 0. The van der Waals surface area contributed by atoms with Crippen molar-refractivity contribution in [3.63, 3.8) is 0 Å². The Morgan fingerprint density at radius 2 is 1.81 bits per heavy atom. The Kier molecular flexibility index (Phi) is 7.53. The molecule has 0 N–H and O–H groups in total. The highest BCUT2D eigenvalue weighted by atomic mass is 16.5. The third kappa shape index (κ3) is 6.11. The van der Waals surface area contributed by atoms with Crippen molar-refractivity contribution in [2.75, 3.05) is 39.4 Å². The highest BCUT2D eigenvalue weighted by Crippen LogP contribution is 2.20. The molecule has 0 aliphatic carbocycles. The van der Waals surface area contributed by atoms with Crippen molar-refractivity contribution in [2.45, 2.75) is 26.3 Å². The number of esters is 2. The molecule has 1 aromatic rings. The zero-order chi connectivity index (χ0) is 18.9. The Morgan fingerprint density at radius 3 is 2.35 bits per heavy atom. The predicted molar refractivity (Wildman–Crippen MR) is 93.1 cm³/mol. The largest absolute Gasteiger partial charge is 0.465 e. The minimum atomic E-state index is -0.536. The fourth-order valence-corrected chi connectivity index (χ4v) is 2.61. The molecule has 8 nitrogen and oxygen atoms in total. The van der Waals surface area contributed by atoms with E-state index in [1.807, 2.05) is 23.1 Å². The van der Waals surface area contributed by atoms with E-state index in [0.29, 0.717) is 13.1 Å². The van der Waals surface area contributed by atoms with Gasteiger partial charge in [0.15, 0.2) is 0 Å². The van der Waals surface area contributed by atoms with Gasteiger partial charge in [-0.1, -0.05) is 6.07 Å². The van der Waals surface area contributed by atoms with Gasteiger partial charge in [-0.25, -0.2) is 0 Å². The van der Waals surface area contributed by atoms with Gasteiger partial charge in [0, 0.05) is 31.4 Å². The standard InChI is InChI=1S/C18H25N3O5/c1-3-25-16(22)12-21(13-17(23)26-4-2)18(24)15-11-20(15)10-8-14-7-5-6-9-19-14/h5-7,9,15H,3-4,8,10-13H2,1-2H3. The van der Waals surface area contributed by atoms with Crippen molar-refractivity contribution >= 4 is 17.8 Å². The smallest absolute Gasteiger partial charge is 0.325 e. The molecule has 0 radical (unpaired) electrons. The second-order valence-electron chi connectivity index (χ2n) is 5.89. The topological polar surface area (TPSA) is 88.8 Å². The second-order valence-corrected chi connectivity index (χ2v) is 5.89. The summed E-state index contributed by atoms with van der Waals surface area (Å²) in [5.41, 5.74) is 0.959. The number of hydrogen-bond donors (Lipinski definition) is 0. The molecule has 142 valence electrons. The van der Waals surface area contributed by atoms with Crippen LogP contribution in [0.1, 0.15) is 19.5 Å². The van der Waals surface area contributed by atoms with Gasteiger partial charge >= 0.3 is 11.9 Å². The first-order valence-corrected chi connectivity index (χ1v) is 8.79. The minimum absolute atomic E-state index is 0.222. The summed E-state index contributed by atoms with van der Waals surface area (Å²) in [5.74, 6) is -1.33. The van der Waals surface area contributed by atoms with E-state index in [2.05, 4.69) is 4.98 Å². The van der Waals surface area contributed by atoms with Gasteiger partial charge in [0.2, 0.25) is 5.91 Å². The van der Waals surface area contributed by atoms with E-state index in [1.165, 1.54) is 4.90 Å². The monoisotopic (exact) mass is 363 g/mol. The summed E-state index contributed by atoms with van der Waals surface area (Å²) in [6.07, 6.45) is 2.47. The number of carbonyl (C=O) groups is 3. The Hall–Kier alpha value is -2.48. The molecule has 2 atom stereocenters. The number of aromatic nitrogens is 1. The van der Waals surface area contributed by atoms with Crippen molar-refractivity contribution in [1.82, 2.24) is 14.8 Å². The van der Waals surface area contributed by atoms with Crippen molar-refractivity contribution in [3.05, 3.63) is 30.1 Å². The van der Waals surface area contributed by atoms with Gasteiger partial charge in [-0.15, -0.1) is 0 Å². The molecule has 1 amide bonds. The highest BCUT2D eigenvalue weighted by Gasteiger charge is 2.43. The van der Waals surface area contributed by atoms with Crippen LogP contribution in [0.5, 0.6) is 0 Å². The molecule has 26 heavy (non-hydrogen) atoms. The maximum Gasteiger partial charge on any atom is 0.325 e. The van der Waals surface area contributed by atoms with Gasteiger partial charge in [0.05, 0.1) is 13.2 Å². The molecule has 0 aromatic carbocycles. The van der Waals surface area contributed by atoms with E-state index in [9.17, 15) is 14.4 Å². The average molecular weight is 363 g/mol. The summed E-state index contributed by atoms with van der Waals surface area (Å²) in [4.78, 5) is 43.6. The summed E-state index contributed by atoms with van der Waals surface area (Å²) in [6, 6.07) is 5.40. The average Bonchev–Trinajstić information content (AvgIpc) is 3.40. The number of ether oxygens (including phenoxy) is 2. The van der Waals surface area contributed by atoms with Gasteiger partial charge < -0.3 is 14.4 Å². The van der Waals surface area contributed by atoms with Crippen molar-refractivity contribution in [3.8, 4) is 0 Å². The van der Waals surface area contributed by atoms with Gasteiger partial charge in [-0.2, -0.15) is 0 Å². The number of carbonyl (C=O) groups excluding carboxylic acids is 3. The molecule has 1 saturated heterocycles. The van der Waals surface area contributed by atoms with Crippen LogP contribution in [0.15, 0.2) is 24.4 Å². The van der Waals surface area contributed by atoms with Crippen molar-refractivity contribution in [1.29, 1.82) is 0 Å². The minimum Gasteiger partial charge on any atom is -0.465 e. The zero-order valence-corrected chi connectivity index (χ0v) is 15.2. The molecule has 0 spiro atoms. The molecule has 2 heterocycles. The SMILES string of the molecule is CCOC(=O)CN(CC(=O)OCC)C(=O)C1CN1CCc1ccccn1. The molecule has 2 unspecified atom stereocenters. The van der Waals surface area contributed by atoms with Crippen molar-refractivity contribution in [2.24, 2.45) is 0 Å². The van der Waals surface area contributed by atoms with E-state index in [-0.39, 0.29) is 38.3 Å². The van der Waals surface area contributed by atoms with Crippen LogP contribution in [0.25, 0.3) is 0 Å². The zero-order valence-electron chi connectivity index (χ0n) is 15.2. The summed E-state index contributed by atoms with van der Waals surface area (Å²) in [5, 5.41) is 0. The molecule has 2 rings (SSSR count). The third-order valence-corrected chi connectivity index (χ3v) is 3.94. The lowest BCUT2D eigenvalue weighted by atomic mass is 10.3. The van der Waals surface area contributed by atoms with Gasteiger partial charge in [0.25, 0.3) is 0 Å².